The van der Waals surface area contributed by atoms with Crippen molar-refractivity contribution in [2.75, 3.05) is 52.9 Å². The van der Waals surface area contributed by atoms with Gasteiger partial charge in [0.25, 0.3) is 0 Å². The summed E-state index contributed by atoms with van der Waals surface area (Å²) >= 11 is 0. The quantitative estimate of drug-likeness (QED) is 0.619. The van der Waals surface area contributed by atoms with Crippen LogP contribution in [0.5, 0.6) is 0 Å². The molecule has 140 valence electrons. The van der Waals surface area contributed by atoms with Crippen LogP contribution in [0.25, 0.3) is 0 Å². The van der Waals surface area contributed by atoms with Crippen molar-refractivity contribution < 1.29 is 33.3 Å². The third-order valence-corrected chi connectivity index (χ3v) is 3.49. The average molecular weight is 346 g/mol. The second-order valence-corrected chi connectivity index (χ2v) is 5.55. The minimum Gasteiger partial charge on any atom is -0.463 e. The third-order valence-electron chi connectivity index (χ3n) is 3.49. The molecule has 0 radical (unpaired) electrons. The van der Waals surface area contributed by atoms with Crippen molar-refractivity contribution in [3.8, 4) is 0 Å². The standard InChI is InChI=1S/C17H30O7/c18-16-6-4-2-1-3-5-7-17(19)24-15-13-22-11-9-20-8-10-21-12-14-23-16/h1-15H2. The first-order chi connectivity index (χ1) is 11.8. The monoisotopic (exact) mass is 346 g/mol. The highest BCUT2D eigenvalue weighted by atomic mass is 16.6. The van der Waals surface area contributed by atoms with E-state index in [1.165, 1.54) is 0 Å². The van der Waals surface area contributed by atoms with Crippen molar-refractivity contribution in [2.45, 2.75) is 44.9 Å². The Balaban J connectivity index is 2.16. The highest BCUT2D eigenvalue weighted by Gasteiger charge is 2.05. The molecule has 0 aromatic carbocycles. The summed E-state index contributed by atoms with van der Waals surface area (Å²) in [6.07, 6.45) is 5.44. The molecule has 0 aromatic heterocycles. The molecule has 1 fully saturated rings. The topological polar surface area (TPSA) is 80.3 Å². The number of esters is 2. The average Bonchev–Trinajstić information content (AvgIpc) is 2.57. The number of rotatable bonds is 0. The first-order valence-corrected chi connectivity index (χ1v) is 8.83. The van der Waals surface area contributed by atoms with E-state index in [2.05, 4.69) is 0 Å². The van der Waals surface area contributed by atoms with E-state index in [1.54, 1.807) is 0 Å². The van der Waals surface area contributed by atoms with E-state index in [1.807, 2.05) is 0 Å². The van der Waals surface area contributed by atoms with Gasteiger partial charge in [0.15, 0.2) is 0 Å². The molecule has 1 aliphatic heterocycles. The highest BCUT2D eigenvalue weighted by Crippen LogP contribution is 2.08. The summed E-state index contributed by atoms with van der Waals surface area (Å²) in [4.78, 5) is 23.0. The van der Waals surface area contributed by atoms with Gasteiger partial charge in [0.05, 0.1) is 39.6 Å². The zero-order valence-corrected chi connectivity index (χ0v) is 14.5. The van der Waals surface area contributed by atoms with Crippen molar-refractivity contribution in [3.63, 3.8) is 0 Å². The Hall–Kier alpha value is -1.18. The Morgan fingerprint density at radius 2 is 0.792 bits per heavy atom. The molecule has 0 spiro atoms. The first-order valence-electron chi connectivity index (χ1n) is 8.83. The second-order valence-electron chi connectivity index (χ2n) is 5.55. The Morgan fingerprint density at radius 1 is 0.458 bits per heavy atom. The van der Waals surface area contributed by atoms with E-state index in [4.69, 9.17) is 23.7 Å². The Kier molecular flexibility index (Phi) is 13.3. The fraction of sp³-hybridized carbons (Fsp3) is 0.882. The molecule has 1 aliphatic rings. The van der Waals surface area contributed by atoms with Crippen LogP contribution in [0.3, 0.4) is 0 Å². The number of ether oxygens (including phenoxy) is 5. The molecular weight excluding hydrogens is 316 g/mol. The molecular formula is C17H30O7. The largest absolute Gasteiger partial charge is 0.463 e. The van der Waals surface area contributed by atoms with Gasteiger partial charge in [-0.1, -0.05) is 19.3 Å². The lowest BCUT2D eigenvalue weighted by molar-refractivity contribution is -0.146. The molecule has 1 heterocycles. The van der Waals surface area contributed by atoms with E-state index in [9.17, 15) is 9.59 Å². The smallest absolute Gasteiger partial charge is 0.305 e. The summed E-state index contributed by atoms with van der Waals surface area (Å²) < 4.78 is 26.1. The van der Waals surface area contributed by atoms with Gasteiger partial charge in [-0.15, -0.1) is 0 Å². The predicted octanol–water partition coefficient (Wildman–Crippen LogP) is 1.87. The van der Waals surface area contributed by atoms with Crippen LogP contribution in [-0.4, -0.2) is 64.8 Å². The van der Waals surface area contributed by atoms with Crippen LogP contribution in [0.15, 0.2) is 0 Å². The predicted molar refractivity (Wildman–Crippen MR) is 86.7 cm³/mol. The highest BCUT2D eigenvalue weighted by molar-refractivity contribution is 5.69. The van der Waals surface area contributed by atoms with Crippen LogP contribution in [0.4, 0.5) is 0 Å². The number of carbonyl (C=O) groups excluding carboxylic acids is 2. The van der Waals surface area contributed by atoms with E-state index in [-0.39, 0.29) is 25.2 Å². The second kappa shape index (κ2) is 15.4. The zero-order valence-electron chi connectivity index (χ0n) is 14.5. The van der Waals surface area contributed by atoms with Gasteiger partial charge in [0.1, 0.15) is 13.2 Å². The number of hydrogen-bond donors (Lipinski definition) is 0. The summed E-state index contributed by atoms with van der Waals surface area (Å²) in [5.41, 5.74) is 0. The molecule has 0 unspecified atom stereocenters. The first kappa shape index (κ1) is 20.9. The zero-order chi connectivity index (χ0) is 17.3. The van der Waals surface area contributed by atoms with Crippen molar-refractivity contribution in [3.05, 3.63) is 0 Å². The van der Waals surface area contributed by atoms with Crippen molar-refractivity contribution in [1.82, 2.24) is 0 Å². The van der Waals surface area contributed by atoms with Gasteiger partial charge in [-0.3, -0.25) is 9.59 Å². The lowest BCUT2D eigenvalue weighted by atomic mass is 10.1. The van der Waals surface area contributed by atoms with E-state index in [0.717, 1.165) is 32.1 Å². The molecule has 1 saturated heterocycles. The van der Waals surface area contributed by atoms with Gasteiger partial charge < -0.3 is 23.7 Å². The molecule has 0 N–H and O–H groups in total. The van der Waals surface area contributed by atoms with Crippen LogP contribution >= 0.6 is 0 Å². The normalized spacial score (nSPS) is 22.5. The third kappa shape index (κ3) is 13.3. The lowest BCUT2D eigenvalue weighted by Crippen LogP contribution is -2.15. The molecule has 0 atom stereocenters. The van der Waals surface area contributed by atoms with Gasteiger partial charge in [-0.2, -0.15) is 0 Å². The number of hydrogen-bond acceptors (Lipinski definition) is 7. The van der Waals surface area contributed by atoms with Gasteiger partial charge in [-0.25, -0.2) is 0 Å². The van der Waals surface area contributed by atoms with Crippen LogP contribution in [0, 0.1) is 0 Å². The molecule has 0 aromatic rings. The Bertz CT molecular complexity index is 303. The molecule has 24 heavy (non-hydrogen) atoms. The van der Waals surface area contributed by atoms with Crippen LogP contribution in [0.2, 0.25) is 0 Å². The molecule has 7 nitrogen and oxygen atoms in total. The van der Waals surface area contributed by atoms with Crippen molar-refractivity contribution >= 4 is 11.9 Å². The van der Waals surface area contributed by atoms with E-state index < -0.39 is 0 Å². The van der Waals surface area contributed by atoms with Crippen LogP contribution in [0.1, 0.15) is 44.9 Å². The maximum atomic E-state index is 11.5. The van der Waals surface area contributed by atoms with Gasteiger partial charge >= 0.3 is 11.9 Å². The van der Waals surface area contributed by atoms with Gasteiger partial charge in [0.2, 0.25) is 0 Å². The number of cyclic esters (lactones) is 2. The maximum absolute atomic E-state index is 11.5. The summed E-state index contributed by atoms with van der Waals surface area (Å²) in [5.74, 6) is -0.365. The summed E-state index contributed by atoms with van der Waals surface area (Å²) in [6.45, 7) is 3.17. The molecule has 7 heteroatoms. The number of carbonyl (C=O) groups is 2. The summed E-state index contributed by atoms with van der Waals surface area (Å²) in [7, 11) is 0. The fourth-order valence-electron chi connectivity index (χ4n) is 2.18. The maximum Gasteiger partial charge on any atom is 0.305 e. The van der Waals surface area contributed by atoms with Crippen LogP contribution < -0.4 is 0 Å². The van der Waals surface area contributed by atoms with Crippen LogP contribution in [-0.2, 0) is 33.3 Å². The molecule has 0 saturated carbocycles. The minimum absolute atomic E-state index is 0.183. The lowest BCUT2D eigenvalue weighted by Gasteiger charge is -2.09. The Morgan fingerprint density at radius 3 is 1.21 bits per heavy atom. The van der Waals surface area contributed by atoms with Gasteiger partial charge in [0, 0.05) is 12.8 Å². The van der Waals surface area contributed by atoms with E-state index in [0.29, 0.717) is 52.5 Å². The molecule has 0 aliphatic carbocycles. The summed E-state index contributed by atoms with van der Waals surface area (Å²) in [5, 5.41) is 0. The molecule has 0 amide bonds. The van der Waals surface area contributed by atoms with Gasteiger partial charge in [-0.05, 0) is 12.8 Å². The molecule has 1 rings (SSSR count). The fourth-order valence-corrected chi connectivity index (χ4v) is 2.18. The van der Waals surface area contributed by atoms with Crippen molar-refractivity contribution in [2.24, 2.45) is 0 Å². The summed E-state index contributed by atoms with van der Waals surface area (Å²) in [6, 6.07) is 0. The minimum atomic E-state index is -0.183. The Labute approximate surface area is 143 Å². The molecule has 0 bridgehead atoms. The SMILES string of the molecule is O=C1CCCCCCCC(=O)OCCOCCOCCOCCO1. The van der Waals surface area contributed by atoms with E-state index >= 15 is 0 Å². The van der Waals surface area contributed by atoms with Crippen molar-refractivity contribution in [1.29, 1.82) is 0 Å².